The molecule has 0 unspecified atom stereocenters. The number of carbonyl (C=O) groups is 2. The zero-order valence-electron chi connectivity index (χ0n) is 12.3. The highest BCUT2D eigenvalue weighted by Crippen LogP contribution is 2.20. The predicted molar refractivity (Wildman–Crippen MR) is 79.4 cm³/mol. The first-order valence-electron chi connectivity index (χ1n) is 7.07. The Bertz CT molecular complexity index is 571. The van der Waals surface area contributed by atoms with Crippen molar-refractivity contribution in [2.24, 2.45) is 5.92 Å². The average molecular weight is 285 g/mol. The Balaban J connectivity index is 2.09. The predicted octanol–water partition coefficient (Wildman–Crippen LogP) is 2.63. The molecule has 1 aromatic rings. The SMILES string of the molecule is CC#CC[C@H](C)C(=O)N1C(=O)OC[C@H]1Cc1ccccc1. The molecule has 0 aliphatic carbocycles. The zero-order chi connectivity index (χ0) is 15.2. The van der Waals surface area contributed by atoms with Crippen LogP contribution in [0.4, 0.5) is 4.79 Å². The van der Waals surface area contributed by atoms with Crippen molar-refractivity contribution in [1.29, 1.82) is 0 Å². The van der Waals surface area contributed by atoms with E-state index in [2.05, 4.69) is 11.8 Å². The summed E-state index contributed by atoms with van der Waals surface area (Å²) in [7, 11) is 0. The van der Waals surface area contributed by atoms with Crippen LogP contribution in [0, 0.1) is 17.8 Å². The molecule has 1 heterocycles. The van der Waals surface area contributed by atoms with Gasteiger partial charge in [0.25, 0.3) is 0 Å². The molecular formula is C17H19NO3. The van der Waals surface area contributed by atoms with Gasteiger partial charge in [-0.05, 0) is 18.9 Å². The lowest BCUT2D eigenvalue weighted by molar-refractivity contribution is -0.132. The minimum Gasteiger partial charge on any atom is -0.447 e. The quantitative estimate of drug-likeness (QED) is 0.799. The number of benzene rings is 1. The van der Waals surface area contributed by atoms with Crippen molar-refractivity contribution >= 4 is 12.0 Å². The third-order valence-corrected chi connectivity index (χ3v) is 3.52. The fourth-order valence-corrected chi connectivity index (χ4v) is 2.35. The van der Waals surface area contributed by atoms with Gasteiger partial charge in [0.05, 0.1) is 6.04 Å². The largest absolute Gasteiger partial charge is 0.447 e. The Morgan fingerprint density at radius 2 is 2.14 bits per heavy atom. The van der Waals surface area contributed by atoms with E-state index in [0.717, 1.165) is 5.56 Å². The summed E-state index contributed by atoms with van der Waals surface area (Å²) in [5.74, 6) is 5.14. The highest BCUT2D eigenvalue weighted by atomic mass is 16.6. The number of rotatable bonds is 4. The maximum absolute atomic E-state index is 12.4. The van der Waals surface area contributed by atoms with Gasteiger partial charge >= 0.3 is 6.09 Å². The number of hydrogen-bond acceptors (Lipinski definition) is 3. The molecule has 0 bridgehead atoms. The summed E-state index contributed by atoms with van der Waals surface area (Å²) in [5.41, 5.74) is 1.08. The second-order valence-electron chi connectivity index (χ2n) is 5.16. The molecule has 21 heavy (non-hydrogen) atoms. The standard InChI is InChI=1S/C17H19NO3/c1-3-4-8-13(2)16(19)18-15(12-21-17(18)20)11-14-9-6-5-7-10-14/h5-7,9-10,13,15H,8,11-12H2,1-2H3/t13-,15+/m0/s1. The van der Waals surface area contributed by atoms with Crippen LogP contribution >= 0.6 is 0 Å². The maximum atomic E-state index is 12.4. The van der Waals surface area contributed by atoms with Crippen LogP contribution in [-0.2, 0) is 16.0 Å². The molecule has 0 radical (unpaired) electrons. The Hall–Kier alpha value is -2.28. The number of ether oxygens (including phenoxy) is 1. The van der Waals surface area contributed by atoms with E-state index in [9.17, 15) is 9.59 Å². The van der Waals surface area contributed by atoms with Crippen molar-refractivity contribution in [3.63, 3.8) is 0 Å². The number of nitrogens with zero attached hydrogens (tertiary/aromatic N) is 1. The molecule has 0 N–H and O–H groups in total. The summed E-state index contributed by atoms with van der Waals surface area (Å²) in [6, 6.07) is 9.56. The van der Waals surface area contributed by atoms with Crippen LogP contribution < -0.4 is 0 Å². The van der Waals surface area contributed by atoms with Crippen molar-refractivity contribution in [2.45, 2.75) is 32.7 Å². The van der Waals surface area contributed by atoms with Gasteiger partial charge in [-0.3, -0.25) is 4.79 Å². The molecule has 4 heteroatoms. The Morgan fingerprint density at radius 3 is 2.81 bits per heavy atom. The number of amides is 2. The highest BCUT2D eigenvalue weighted by molar-refractivity contribution is 5.94. The molecular weight excluding hydrogens is 266 g/mol. The molecule has 1 aliphatic rings. The molecule has 2 amide bonds. The maximum Gasteiger partial charge on any atom is 0.416 e. The first-order valence-corrected chi connectivity index (χ1v) is 7.07. The average Bonchev–Trinajstić information content (AvgIpc) is 2.85. The van der Waals surface area contributed by atoms with Crippen molar-refractivity contribution in [1.82, 2.24) is 4.90 Å². The number of cyclic esters (lactones) is 1. The van der Waals surface area contributed by atoms with Crippen LogP contribution in [0.15, 0.2) is 30.3 Å². The molecule has 0 spiro atoms. The van der Waals surface area contributed by atoms with E-state index in [4.69, 9.17) is 4.74 Å². The van der Waals surface area contributed by atoms with Crippen molar-refractivity contribution < 1.29 is 14.3 Å². The van der Waals surface area contributed by atoms with Gasteiger partial charge in [0.1, 0.15) is 6.61 Å². The van der Waals surface area contributed by atoms with Crippen molar-refractivity contribution in [3.05, 3.63) is 35.9 Å². The van der Waals surface area contributed by atoms with Gasteiger partial charge in [-0.1, -0.05) is 37.3 Å². The van der Waals surface area contributed by atoms with Crippen LogP contribution in [0.25, 0.3) is 0 Å². The lowest BCUT2D eigenvalue weighted by atomic mass is 10.0. The summed E-state index contributed by atoms with van der Waals surface area (Å²) < 4.78 is 5.06. The lowest BCUT2D eigenvalue weighted by Crippen LogP contribution is -2.42. The van der Waals surface area contributed by atoms with E-state index in [1.54, 1.807) is 13.8 Å². The normalized spacial score (nSPS) is 18.7. The minimum atomic E-state index is -0.544. The van der Waals surface area contributed by atoms with E-state index in [0.29, 0.717) is 12.8 Å². The first kappa shape index (κ1) is 15.1. The van der Waals surface area contributed by atoms with Gasteiger partial charge in [-0.2, -0.15) is 0 Å². The Labute approximate surface area is 125 Å². The van der Waals surface area contributed by atoms with Crippen molar-refractivity contribution in [3.8, 4) is 11.8 Å². The van der Waals surface area contributed by atoms with Crippen LogP contribution in [0.2, 0.25) is 0 Å². The van der Waals surface area contributed by atoms with E-state index >= 15 is 0 Å². The third kappa shape index (κ3) is 3.63. The van der Waals surface area contributed by atoms with Gasteiger partial charge in [0, 0.05) is 12.3 Å². The van der Waals surface area contributed by atoms with Crippen molar-refractivity contribution in [2.75, 3.05) is 6.61 Å². The van der Waals surface area contributed by atoms with Crippen LogP contribution in [-0.4, -0.2) is 29.5 Å². The molecule has 0 saturated carbocycles. The number of carbonyl (C=O) groups excluding carboxylic acids is 2. The molecule has 1 aromatic carbocycles. The molecule has 110 valence electrons. The third-order valence-electron chi connectivity index (χ3n) is 3.52. The van der Waals surface area contributed by atoms with Gasteiger partial charge in [-0.25, -0.2) is 9.69 Å². The molecule has 1 fully saturated rings. The minimum absolute atomic E-state index is 0.207. The highest BCUT2D eigenvalue weighted by Gasteiger charge is 2.39. The molecule has 2 rings (SSSR count). The van der Waals surface area contributed by atoms with E-state index < -0.39 is 6.09 Å². The van der Waals surface area contributed by atoms with Crippen LogP contribution in [0.5, 0.6) is 0 Å². The summed E-state index contributed by atoms with van der Waals surface area (Å²) in [4.78, 5) is 25.5. The summed E-state index contributed by atoms with van der Waals surface area (Å²) in [5, 5.41) is 0. The molecule has 1 aliphatic heterocycles. The van der Waals surface area contributed by atoms with E-state index in [1.165, 1.54) is 4.90 Å². The van der Waals surface area contributed by atoms with E-state index in [-0.39, 0.29) is 24.5 Å². The summed E-state index contributed by atoms with van der Waals surface area (Å²) >= 11 is 0. The lowest BCUT2D eigenvalue weighted by Gasteiger charge is -2.22. The monoisotopic (exact) mass is 285 g/mol. The first-order chi connectivity index (χ1) is 10.1. The number of hydrogen-bond donors (Lipinski definition) is 0. The number of imide groups is 1. The smallest absolute Gasteiger partial charge is 0.416 e. The van der Waals surface area contributed by atoms with Gasteiger partial charge in [0.2, 0.25) is 5.91 Å². The Morgan fingerprint density at radius 1 is 1.43 bits per heavy atom. The topological polar surface area (TPSA) is 46.6 Å². The van der Waals surface area contributed by atoms with E-state index in [1.807, 2.05) is 30.3 Å². The van der Waals surface area contributed by atoms with Gasteiger partial charge < -0.3 is 4.74 Å². The van der Waals surface area contributed by atoms with Crippen LogP contribution in [0.3, 0.4) is 0 Å². The second-order valence-corrected chi connectivity index (χ2v) is 5.16. The second kappa shape index (κ2) is 6.94. The molecule has 4 nitrogen and oxygen atoms in total. The fraction of sp³-hybridized carbons (Fsp3) is 0.412. The molecule has 1 saturated heterocycles. The summed E-state index contributed by atoms with van der Waals surface area (Å²) in [6.07, 6.45) is 0.527. The van der Waals surface area contributed by atoms with Crippen LogP contribution in [0.1, 0.15) is 25.8 Å². The Kier molecular flexibility index (Phi) is 4.99. The summed E-state index contributed by atoms with van der Waals surface area (Å²) in [6.45, 7) is 3.78. The van der Waals surface area contributed by atoms with Gasteiger partial charge in [0.15, 0.2) is 0 Å². The molecule has 2 atom stereocenters. The zero-order valence-corrected chi connectivity index (χ0v) is 12.3. The fourth-order valence-electron chi connectivity index (χ4n) is 2.35. The van der Waals surface area contributed by atoms with Gasteiger partial charge in [-0.15, -0.1) is 11.8 Å². The molecule has 0 aromatic heterocycles.